The lowest BCUT2D eigenvalue weighted by atomic mass is 10.2. The van der Waals surface area contributed by atoms with E-state index >= 15 is 0 Å². The topological polar surface area (TPSA) is 38.5 Å². The Balaban J connectivity index is 2.30. The Kier molecular flexibility index (Phi) is 9.11. The van der Waals surface area contributed by atoms with Crippen LogP contribution in [0.25, 0.3) is 0 Å². The highest BCUT2D eigenvalue weighted by atomic mass is 16.5. The Morgan fingerprint density at radius 3 is 2.48 bits per heavy atom. The van der Waals surface area contributed by atoms with Gasteiger partial charge in [-0.25, -0.2) is 0 Å². The molecule has 0 saturated heterocycles. The second kappa shape index (κ2) is 10.6. The van der Waals surface area contributed by atoms with Crippen LogP contribution >= 0.6 is 0 Å². The molecule has 0 aromatic heterocycles. The number of benzene rings is 1. The average molecular weight is 292 g/mol. The molecule has 1 rings (SSSR count). The van der Waals surface area contributed by atoms with Gasteiger partial charge >= 0.3 is 0 Å². The van der Waals surface area contributed by atoms with E-state index in [-0.39, 0.29) is 0 Å². The lowest BCUT2D eigenvalue weighted by Crippen LogP contribution is -2.33. The van der Waals surface area contributed by atoms with E-state index in [1.165, 1.54) is 25.8 Å². The first-order chi connectivity index (χ1) is 10.2. The van der Waals surface area contributed by atoms with Gasteiger partial charge in [0, 0.05) is 24.7 Å². The van der Waals surface area contributed by atoms with Crippen molar-refractivity contribution >= 4 is 0 Å². The van der Waals surface area contributed by atoms with E-state index in [1.54, 1.807) is 0 Å². The Morgan fingerprint density at radius 2 is 1.81 bits per heavy atom. The molecule has 0 heterocycles. The van der Waals surface area contributed by atoms with Gasteiger partial charge < -0.3 is 15.4 Å². The zero-order valence-electron chi connectivity index (χ0n) is 14.0. The molecular weight excluding hydrogens is 260 g/mol. The number of hydrogen-bond acceptors (Lipinski definition) is 3. The normalized spacial score (nSPS) is 11.3. The number of unbranched alkanes of at least 4 members (excludes halogenated alkanes) is 2. The fraction of sp³-hybridized carbons (Fsp3) is 0.667. The van der Waals surface area contributed by atoms with Crippen molar-refractivity contribution in [3.05, 3.63) is 29.8 Å². The van der Waals surface area contributed by atoms with Gasteiger partial charge in [0.2, 0.25) is 0 Å². The third kappa shape index (κ3) is 6.96. The fourth-order valence-electron chi connectivity index (χ4n) is 2.46. The molecule has 2 N–H and O–H groups in total. The van der Waals surface area contributed by atoms with E-state index in [4.69, 9.17) is 10.5 Å². The van der Waals surface area contributed by atoms with Gasteiger partial charge in [-0.15, -0.1) is 0 Å². The van der Waals surface area contributed by atoms with Gasteiger partial charge in [0.25, 0.3) is 0 Å². The molecule has 0 unspecified atom stereocenters. The minimum absolute atomic E-state index is 0.533. The summed E-state index contributed by atoms with van der Waals surface area (Å²) in [7, 11) is 0. The highest BCUT2D eigenvalue weighted by Gasteiger charge is 2.08. The zero-order chi connectivity index (χ0) is 15.5. The molecule has 21 heavy (non-hydrogen) atoms. The molecule has 0 spiro atoms. The molecule has 0 aliphatic carbocycles. The molecule has 120 valence electrons. The van der Waals surface area contributed by atoms with E-state index in [9.17, 15) is 0 Å². The van der Waals surface area contributed by atoms with Gasteiger partial charge in [-0.3, -0.25) is 0 Å². The van der Waals surface area contributed by atoms with Crippen LogP contribution in [0.2, 0.25) is 0 Å². The summed E-state index contributed by atoms with van der Waals surface area (Å²) in [5, 5.41) is 0. The van der Waals surface area contributed by atoms with Gasteiger partial charge in [0.05, 0.1) is 6.61 Å². The lowest BCUT2D eigenvalue weighted by Gasteiger charge is -2.26. The summed E-state index contributed by atoms with van der Waals surface area (Å²) < 4.78 is 5.88. The number of nitrogens with zero attached hydrogens (tertiary/aromatic N) is 1. The lowest BCUT2D eigenvalue weighted by molar-refractivity contribution is 0.194. The van der Waals surface area contributed by atoms with Crippen LogP contribution in [-0.4, -0.2) is 30.6 Å². The Hall–Kier alpha value is -1.06. The van der Waals surface area contributed by atoms with E-state index in [2.05, 4.69) is 25.7 Å². The highest BCUT2D eigenvalue weighted by Crippen LogP contribution is 2.17. The standard InChI is InChI=1S/C18H32N2O/c1-4-5-8-12-20(16(2)3)13-9-14-21-18-11-7-6-10-17(18)15-19/h6-7,10-11,16H,4-5,8-9,12-15,19H2,1-3H3. The smallest absolute Gasteiger partial charge is 0.123 e. The number of hydrogen-bond donors (Lipinski definition) is 1. The van der Waals surface area contributed by atoms with Crippen molar-refractivity contribution in [2.75, 3.05) is 19.7 Å². The summed E-state index contributed by atoms with van der Waals surface area (Å²) in [5.74, 6) is 0.932. The van der Waals surface area contributed by atoms with Crippen LogP contribution in [0.4, 0.5) is 0 Å². The van der Waals surface area contributed by atoms with Crippen molar-refractivity contribution in [1.29, 1.82) is 0 Å². The van der Waals surface area contributed by atoms with Gasteiger partial charge in [0.15, 0.2) is 0 Å². The van der Waals surface area contributed by atoms with Crippen molar-refractivity contribution in [1.82, 2.24) is 4.90 Å². The maximum atomic E-state index is 5.88. The van der Waals surface area contributed by atoms with Crippen molar-refractivity contribution < 1.29 is 4.74 Å². The second-order valence-corrected chi connectivity index (χ2v) is 5.85. The van der Waals surface area contributed by atoms with Crippen LogP contribution in [0.5, 0.6) is 5.75 Å². The summed E-state index contributed by atoms with van der Waals surface area (Å²) in [5.41, 5.74) is 6.81. The maximum Gasteiger partial charge on any atom is 0.123 e. The summed E-state index contributed by atoms with van der Waals surface area (Å²) in [6, 6.07) is 8.64. The van der Waals surface area contributed by atoms with Crippen LogP contribution < -0.4 is 10.5 Å². The fourth-order valence-corrected chi connectivity index (χ4v) is 2.46. The number of para-hydroxylation sites is 1. The Bertz CT molecular complexity index is 379. The van der Waals surface area contributed by atoms with Crippen molar-refractivity contribution in [2.45, 2.75) is 59.0 Å². The summed E-state index contributed by atoms with van der Waals surface area (Å²) >= 11 is 0. The summed E-state index contributed by atoms with van der Waals surface area (Å²) in [6.07, 6.45) is 4.96. The average Bonchev–Trinajstić information content (AvgIpc) is 2.49. The molecule has 0 fully saturated rings. The third-order valence-corrected chi connectivity index (χ3v) is 3.82. The van der Waals surface area contributed by atoms with E-state index in [0.717, 1.165) is 30.9 Å². The van der Waals surface area contributed by atoms with Crippen LogP contribution in [-0.2, 0) is 6.54 Å². The molecule has 1 aromatic rings. The summed E-state index contributed by atoms with van der Waals surface area (Å²) in [4.78, 5) is 2.55. The molecule has 0 radical (unpaired) electrons. The van der Waals surface area contributed by atoms with Gasteiger partial charge in [-0.1, -0.05) is 38.0 Å². The monoisotopic (exact) mass is 292 g/mol. The van der Waals surface area contributed by atoms with Gasteiger partial charge in [-0.2, -0.15) is 0 Å². The first-order valence-corrected chi connectivity index (χ1v) is 8.33. The predicted octanol–water partition coefficient (Wildman–Crippen LogP) is 3.81. The van der Waals surface area contributed by atoms with Crippen LogP contribution in [0, 0.1) is 0 Å². The zero-order valence-corrected chi connectivity index (χ0v) is 14.0. The molecule has 1 aromatic carbocycles. The quantitative estimate of drug-likeness (QED) is 0.630. The molecule has 0 aliphatic heterocycles. The van der Waals surface area contributed by atoms with Crippen molar-refractivity contribution in [3.8, 4) is 5.75 Å². The molecule has 3 nitrogen and oxygen atoms in total. The Morgan fingerprint density at radius 1 is 1.10 bits per heavy atom. The first kappa shape index (κ1) is 18.0. The minimum Gasteiger partial charge on any atom is -0.493 e. The SMILES string of the molecule is CCCCCN(CCCOc1ccccc1CN)C(C)C. The van der Waals surface area contributed by atoms with E-state index in [0.29, 0.717) is 12.6 Å². The molecule has 0 atom stereocenters. The highest BCUT2D eigenvalue weighted by molar-refractivity contribution is 5.32. The van der Waals surface area contributed by atoms with Crippen molar-refractivity contribution in [2.24, 2.45) is 5.73 Å². The number of ether oxygens (including phenoxy) is 1. The summed E-state index contributed by atoms with van der Waals surface area (Å²) in [6.45, 7) is 10.4. The van der Waals surface area contributed by atoms with Gasteiger partial charge in [-0.05, 0) is 39.3 Å². The van der Waals surface area contributed by atoms with Crippen LogP contribution in [0.15, 0.2) is 24.3 Å². The minimum atomic E-state index is 0.533. The van der Waals surface area contributed by atoms with Crippen LogP contribution in [0.1, 0.15) is 52.0 Å². The second-order valence-electron chi connectivity index (χ2n) is 5.85. The van der Waals surface area contributed by atoms with Crippen molar-refractivity contribution in [3.63, 3.8) is 0 Å². The molecule has 0 amide bonds. The first-order valence-electron chi connectivity index (χ1n) is 8.33. The van der Waals surface area contributed by atoms with E-state index < -0.39 is 0 Å². The molecule has 0 saturated carbocycles. The molecule has 3 heteroatoms. The molecule has 0 bridgehead atoms. The molecular formula is C18H32N2O. The molecule has 0 aliphatic rings. The van der Waals surface area contributed by atoms with Gasteiger partial charge in [0.1, 0.15) is 5.75 Å². The third-order valence-electron chi connectivity index (χ3n) is 3.82. The Labute approximate surface area is 130 Å². The predicted molar refractivity (Wildman–Crippen MR) is 90.7 cm³/mol. The largest absolute Gasteiger partial charge is 0.493 e. The van der Waals surface area contributed by atoms with E-state index in [1.807, 2.05) is 24.3 Å². The maximum absolute atomic E-state index is 5.88. The number of nitrogens with two attached hydrogens (primary N) is 1. The number of rotatable bonds is 11. The van der Waals surface area contributed by atoms with Crippen LogP contribution in [0.3, 0.4) is 0 Å².